The SMILES string of the molecule is CCCCCCCCOCc1c(C#Cc2ccc(OC)cc2)c2c(c(C#Cc3ccc(OC)cc3)c1COCCCCCCCC)CC(CO)(CO)C2. The molecule has 0 fully saturated rings. The Labute approximate surface area is 319 Å². The first-order valence-corrected chi connectivity index (χ1v) is 19.9. The molecule has 0 spiro atoms. The van der Waals surface area contributed by atoms with Gasteiger partial charge in [-0.25, -0.2) is 0 Å². The van der Waals surface area contributed by atoms with Crippen LogP contribution in [0.1, 0.15) is 135 Å². The Morgan fingerprint density at radius 3 is 1.26 bits per heavy atom. The molecule has 6 nitrogen and oxygen atoms in total. The van der Waals surface area contributed by atoms with E-state index in [0.29, 0.717) is 39.3 Å². The third-order valence-electron chi connectivity index (χ3n) is 10.3. The summed E-state index contributed by atoms with van der Waals surface area (Å²) in [6.07, 6.45) is 15.3. The number of rotatable bonds is 22. The molecule has 0 aromatic heterocycles. The van der Waals surface area contributed by atoms with Crippen LogP contribution in [0.15, 0.2) is 48.5 Å². The highest BCUT2D eigenvalue weighted by Crippen LogP contribution is 2.43. The molecule has 3 aromatic rings. The highest BCUT2D eigenvalue weighted by molar-refractivity contribution is 5.66. The maximum atomic E-state index is 10.7. The van der Waals surface area contributed by atoms with Crippen LogP contribution in [0.25, 0.3) is 0 Å². The van der Waals surface area contributed by atoms with E-state index >= 15 is 0 Å². The number of aliphatic hydroxyl groups excluding tert-OH is 2. The largest absolute Gasteiger partial charge is 0.497 e. The third-order valence-corrected chi connectivity index (χ3v) is 10.3. The molecule has 53 heavy (non-hydrogen) atoms. The predicted molar refractivity (Wildman–Crippen MR) is 214 cm³/mol. The molecule has 0 aliphatic heterocycles. The Morgan fingerprint density at radius 1 is 0.528 bits per heavy atom. The number of benzene rings is 3. The number of ether oxygens (including phenoxy) is 4. The summed E-state index contributed by atoms with van der Waals surface area (Å²) in [6, 6.07) is 15.5. The zero-order valence-corrected chi connectivity index (χ0v) is 32.8. The van der Waals surface area contributed by atoms with E-state index in [0.717, 1.165) is 81.7 Å². The van der Waals surface area contributed by atoms with E-state index in [1.807, 2.05) is 48.5 Å². The van der Waals surface area contributed by atoms with Crippen molar-refractivity contribution in [3.8, 4) is 35.2 Å². The fraction of sp³-hybridized carbons (Fsp3) is 0.532. The lowest BCUT2D eigenvalue weighted by Gasteiger charge is -2.23. The first-order valence-electron chi connectivity index (χ1n) is 19.9. The van der Waals surface area contributed by atoms with Crippen molar-refractivity contribution in [1.82, 2.24) is 0 Å². The Kier molecular flexibility index (Phi) is 18.3. The quantitative estimate of drug-likeness (QED) is 0.0796. The van der Waals surface area contributed by atoms with Gasteiger partial charge in [0.15, 0.2) is 0 Å². The Balaban J connectivity index is 1.81. The van der Waals surface area contributed by atoms with Gasteiger partial charge in [0.2, 0.25) is 0 Å². The van der Waals surface area contributed by atoms with Crippen LogP contribution in [-0.4, -0.2) is 50.9 Å². The molecule has 0 unspecified atom stereocenters. The van der Waals surface area contributed by atoms with Gasteiger partial charge in [0.25, 0.3) is 0 Å². The van der Waals surface area contributed by atoms with E-state index < -0.39 is 5.41 Å². The average molecular weight is 723 g/mol. The molecule has 1 aliphatic rings. The number of hydrogen-bond acceptors (Lipinski definition) is 6. The van der Waals surface area contributed by atoms with Crippen LogP contribution in [0.3, 0.4) is 0 Å². The lowest BCUT2D eigenvalue weighted by atomic mass is 9.86. The monoisotopic (exact) mass is 722 g/mol. The predicted octanol–water partition coefficient (Wildman–Crippen LogP) is 9.33. The van der Waals surface area contributed by atoms with E-state index in [4.69, 9.17) is 18.9 Å². The molecular formula is C47H62O6. The number of fused-ring (bicyclic) bond motifs is 1. The Hall–Kier alpha value is -3.78. The first kappa shape index (κ1) is 42.0. The molecule has 0 amide bonds. The van der Waals surface area contributed by atoms with Gasteiger partial charge in [-0.2, -0.15) is 0 Å². The lowest BCUT2D eigenvalue weighted by Crippen LogP contribution is -2.30. The van der Waals surface area contributed by atoms with Crippen molar-refractivity contribution in [1.29, 1.82) is 0 Å². The summed E-state index contributed by atoms with van der Waals surface area (Å²) in [4.78, 5) is 0. The number of hydrogen-bond donors (Lipinski definition) is 2. The van der Waals surface area contributed by atoms with Gasteiger partial charge < -0.3 is 29.2 Å². The van der Waals surface area contributed by atoms with Crippen LogP contribution in [0.4, 0.5) is 0 Å². The summed E-state index contributed by atoms with van der Waals surface area (Å²) in [5.74, 6) is 15.5. The van der Waals surface area contributed by atoms with Crippen LogP contribution in [-0.2, 0) is 35.5 Å². The van der Waals surface area contributed by atoms with Crippen LogP contribution in [0.5, 0.6) is 11.5 Å². The molecule has 2 N–H and O–H groups in total. The maximum absolute atomic E-state index is 10.7. The number of methoxy groups -OCH3 is 2. The Morgan fingerprint density at radius 2 is 0.906 bits per heavy atom. The van der Waals surface area contributed by atoms with Crippen LogP contribution >= 0.6 is 0 Å². The van der Waals surface area contributed by atoms with Crippen molar-refractivity contribution in [3.05, 3.63) is 93.0 Å². The van der Waals surface area contributed by atoms with Crippen molar-refractivity contribution in [2.45, 2.75) is 117 Å². The summed E-state index contributed by atoms with van der Waals surface area (Å²) in [7, 11) is 3.32. The minimum atomic E-state index is -0.704. The molecule has 0 heterocycles. The molecule has 286 valence electrons. The highest BCUT2D eigenvalue weighted by atomic mass is 16.5. The topological polar surface area (TPSA) is 77.4 Å². The summed E-state index contributed by atoms with van der Waals surface area (Å²) in [5, 5.41) is 21.3. The highest BCUT2D eigenvalue weighted by Gasteiger charge is 2.40. The van der Waals surface area contributed by atoms with Crippen molar-refractivity contribution in [2.24, 2.45) is 5.41 Å². The molecule has 0 bridgehead atoms. The summed E-state index contributed by atoms with van der Waals surface area (Å²) in [5.41, 5.74) is 6.88. The van der Waals surface area contributed by atoms with E-state index in [-0.39, 0.29) is 13.2 Å². The maximum Gasteiger partial charge on any atom is 0.118 e. The summed E-state index contributed by atoms with van der Waals surface area (Å²) in [6.45, 7) is 6.30. The Bertz CT molecular complexity index is 1530. The van der Waals surface area contributed by atoms with Gasteiger partial charge in [0, 0.05) is 52.0 Å². The van der Waals surface area contributed by atoms with Gasteiger partial charge >= 0.3 is 0 Å². The van der Waals surface area contributed by atoms with Gasteiger partial charge in [0.05, 0.1) is 40.6 Å². The van der Waals surface area contributed by atoms with Gasteiger partial charge in [-0.15, -0.1) is 0 Å². The molecule has 4 rings (SSSR count). The zero-order valence-electron chi connectivity index (χ0n) is 32.8. The number of aliphatic hydroxyl groups is 2. The minimum absolute atomic E-state index is 0.136. The molecule has 1 aliphatic carbocycles. The molecular weight excluding hydrogens is 661 g/mol. The standard InChI is InChI=1S/C47H62O6/c1-5-7-9-11-13-15-29-52-33-45-41(27-21-37-17-23-39(50-3)24-18-37)43-31-47(35-48,36-49)32-44(43)42(28-22-38-19-25-40(51-4)26-20-38)46(45)34-53-30-16-14-12-10-8-6-2/h17-20,23-26,48-49H,5-16,29-36H2,1-4H3. The van der Waals surface area contributed by atoms with Crippen molar-refractivity contribution in [2.75, 3.05) is 40.6 Å². The second-order valence-electron chi connectivity index (χ2n) is 14.4. The molecule has 0 atom stereocenters. The molecule has 0 saturated carbocycles. The second-order valence-corrected chi connectivity index (χ2v) is 14.4. The van der Waals surface area contributed by atoms with Crippen molar-refractivity contribution in [3.63, 3.8) is 0 Å². The van der Waals surface area contributed by atoms with Crippen LogP contribution in [0.2, 0.25) is 0 Å². The van der Waals surface area contributed by atoms with E-state index in [2.05, 4.69) is 37.5 Å². The van der Waals surface area contributed by atoms with E-state index in [9.17, 15) is 10.2 Å². The lowest BCUT2D eigenvalue weighted by molar-refractivity contribution is 0.0633. The first-order chi connectivity index (χ1) is 26.0. The van der Waals surface area contributed by atoms with Crippen LogP contribution < -0.4 is 9.47 Å². The van der Waals surface area contributed by atoms with E-state index in [1.54, 1.807) is 14.2 Å². The fourth-order valence-electron chi connectivity index (χ4n) is 7.00. The fourth-order valence-corrected chi connectivity index (χ4v) is 7.00. The molecule has 0 saturated heterocycles. The van der Waals surface area contributed by atoms with E-state index in [1.165, 1.54) is 51.4 Å². The molecule has 6 heteroatoms. The minimum Gasteiger partial charge on any atom is -0.497 e. The molecule has 3 aromatic carbocycles. The third kappa shape index (κ3) is 12.7. The molecule has 0 radical (unpaired) electrons. The smallest absolute Gasteiger partial charge is 0.118 e. The summed E-state index contributed by atoms with van der Waals surface area (Å²) < 4.78 is 23.7. The van der Waals surface area contributed by atoms with Gasteiger partial charge in [0.1, 0.15) is 11.5 Å². The van der Waals surface area contributed by atoms with Crippen molar-refractivity contribution < 1.29 is 29.2 Å². The van der Waals surface area contributed by atoms with Gasteiger partial charge in [-0.1, -0.05) is 102 Å². The van der Waals surface area contributed by atoms with Crippen molar-refractivity contribution >= 4 is 0 Å². The van der Waals surface area contributed by atoms with Gasteiger partial charge in [-0.05, 0) is 85.3 Å². The number of unbranched alkanes of at least 4 members (excludes halogenated alkanes) is 10. The zero-order chi connectivity index (χ0) is 37.7. The normalized spacial score (nSPS) is 12.8. The van der Waals surface area contributed by atoms with Gasteiger partial charge in [-0.3, -0.25) is 0 Å². The second kappa shape index (κ2) is 23.1. The average Bonchev–Trinajstić information content (AvgIpc) is 3.59. The summed E-state index contributed by atoms with van der Waals surface area (Å²) >= 11 is 0. The van der Waals surface area contributed by atoms with Crippen LogP contribution in [0, 0.1) is 29.1 Å².